The fourth-order valence-corrected chi connectivity index (χ4v) is 2.32. The third-order valence-electron chi connectivity index (χ3n) is 3.82. The first-order valence-electron chi connectivity index (χ1n) is 7.17. The Labute approximate surface area is 112 Å². The molecule has 2 atom stereocenters. The van der Waals surface area contributed by atoms with E-state index in [2.05, 4.69) is 37.9 Å². The second kappa shape index (κ2) is 7.43. The van der Waals surface area contributed by atoms with Crippen LogP contribution in [0.1, 0.15) is 34.1 Å². The van der Waals surface area contributed by atoms with Gasteiger partial charge < -0.3 is 15.2 Å². The number of aliphatic hydroxyl groups excluding tert-OH is 1. The van der Waals surface area contributed by atoms with Crippen molar-refractivity contribution in [2.45, 2.75) is 46.3 Å². The highest BCUT2D eigenvalue weighted by atomic mass is 16.5. The molecule has 0 aromatic rings. The van der Waals surface area contributed by atoms with Crippen molar-refractivity contribution in [2.24, 2.45) is 5.41 Å². The third kappa shape index (κ3) is 5.22. The monoisotopic (exact) mass is 258 g/mol. The molecule has 2 N–H and O–H groups in total. The Balaban J connectivity index is 2.45. The SMILES string of the molecule is CCC(C)(CNC(C)C)CN1CCOC(CO)C1. The summed E-state index contributed by atoms with van der Waals surface area (Å²) in [6.45, 7) is 13.8. The minimum atomic E-state index is -0.00193. The van der Waals surface area contributed by atoms with Crippen molar-refractivity contribution in [2.75, 3.05) is 39.4 Å². The van der Waals surface area contributed by atoms with Crippen LogP contribution in [-0.2, 0) is 4.74 Å². The van der Waals surface area contributed by atoms with E-state index in [4.69, 9.17) is 4.74 Å². The summed E-state index contributed by atoms with van der Waals surface area (Å²) < 4.78 is 5.50. The van der Waals surface area contributed by atoms with E-state index < -0.39 is 0 Å². The molecule has 0 aromatic heterocycles. The molecule has 0 aromatic carbocycles. The van der Waals surface area contributed by atoms with Crippen LogP contribution in [0.25, 0.3) is 0 Å². The Morgan fingerprint density at radius 3 is 2.78 bits per heavy atom. The Morgan fingerprint density at radius 2 is 2.22 bits per heavy atom. The van der Waals surface area contributed by atoms with E-state index in [0.717, 1.165) is 39.2 Å². The lowest BCUT2D eigenvalue weighted by Gasteiger charge is -2.39. The Hall–Kier alpha value is -0.160. The van der Waals surface area contributed by atoms with E-state index in [9.17, 15) is 5.11 Å². The Bertz CT molecular complexity index is 236. The van der Waals surface area contributed by atoms with Crippen LogP contribution in [0.3, 0.4) is 0 Å². The van der Waals surface area contributed by atoms with E-state index in [1.54, 1.807) is 0 Å². The number of aliphatic hydroxyl groups is 1. The van der Waals surface area contributed by atoms with E-state index >= 15 is 0 Å². The first-order valence-corrected chi connectivity index (χ1v) is 7.17. The van der Waals surface area contributed by atoms with Crippen LogP contribution >= 0.6 is 0 Å². The van der Waals surface area contributed by atoms with Crippen molar-refractivity contribution < 1.29 is 9.84 Å². The largest absolute Gasteiger partial charge is 0.394 e. The van der Waals surface area contributed by atoms with Crippen LogP contribution in [0, 0.1) is 5.41 Å². The minimum absolute atomic E-state index is 0.00193. The molecular formula is C14H30N2O2. The average Bonchev–Trinajstić information content (AvgIpc) is 2.36. The lowest BCUT2D eigenvalue weighted by molar-refractivity contribution is -0.0618. The molecule has 0 amide bonds. The van der Waals surface area contributed by atoms with Gasteiger partial charge in [0.1, 0.15) is 0 Å². The number of hydrogen-bond acceptors (Lipinski definition) is 4. The standard InChI is InChI=1S/C14H30N2O2/c1-5-14(4,10-15-12(2)3)11-16-6-7-18-13(8-16)9-17/h12-13,15,17H,5-11H2,1-4H3. The van der Waals surface area contributed by atoms with Gasteiger partial charge in [0.25, 0.3) is 0 Å². The fraction of sp³-hybridized carbons (Fsp3) is 1.00. The molecule has 18 heavy (non-hydrogen) atoms. The van der Waals surface area contributed by atoms with Crippen LogP contribution in [0.2, 0.25) is 0 Å². The molecular weight excluding hydrogens is 228 g/mol. The van der Waals surface area contributed by atoms with Gasteiger partial charge in [-0.3, -0.25) is 4.90 Å². The fourth-order valence-electron chi connectivity index (χ4n) is 2.32. The molecule has 4 heteroatoms. The maximum atomic E-state index is 9.18. The molecule has 1 fully saturated rings. The summed E-state index contributed by atoms with van der Waals surface area (Å²) >= 11 is 0. The topological polar surface area (TPSA) is 44.7 Å². The number of ether oxygens (including phenoxy) is 1. The molecule has 108 valence electrons. The summed E-state index contributed by atoms with van der Waals surface area (Å²) in [5.74, 6) is 0. The number of rotatable bonds is 7. The molecule has 1 saturated heterocycles. The van der Waals surface area contributed by atoms with Gasteiger partial charge in [0.15, 0.2) is 0 Å². The van der Waals surface area contributed by atoms with Gasteiger partial charge in [0.2, 0.25) is 0 Å². The summed E-state index contributed by atoms with van der Waals surface area (Å²) in [6, 6.07) is 0.533. The highest BCUT2D eigenvalue weighted by molar-refractivity contribution is 4.82. The lowest BCUT2D eigenvalue weighted by atomic mass is 9.86. The molecule has 1 aliphatic rings. The first kappa shape index (κ1) is 15.9. The molecule has 1 aliphatic heterocycles. The van der Waals surface area contributed by atoms with Crippen LogP contribution in [-0.4, -0.2) is 61.5 Å². The van der Waals surface area contributed by atoms with Crippen molar-refractivity contribution in [3.63, 3.8) is 0 Å². The summed E-state index contributed by atoms with van der Waals surface area (Å²) in [7, 11) is 0. The van der Waals surface area contributed by atoms with Crippen molar-refractivity contribution >= 4 is 0 Å². The number of nitrogens with zero attached hydrogens (tertiary/aromatic N) is 1. The van der Waals surface area contributed by atoms with Gasteiger partial charge in [-0.15, -0.1) is 0 Å². The van der Waals surface area contributed by atoms with Crippen LogP contribution in [0.4, 0.5) is 0 Å². The highest BCUT2D eigenvalue weighted by Crippen LogP contribution is 2.23. The van der Waals surface area contributed by atoms with Gasteiger partial charge in [-0.25, -0.2) is 0 Å². The summed E-state index contributed by atoms with van der Waals surface area (Å²) in [4.78, 5) is 2.43. The van der Waals surface area contributed by atoms with Gasteiger partial charge in [-0.1, -0.05) is 27.7 Å². The molecule has 0 radical (unpaired) electrons. The first-order chi connectivity index (χ1) is 8.49. The number of morpholine rings is 1. The molecule has 1 rings (SSSR count). The van der Waals surface area contributed by atoms with Gasteiger partial charge in [-0.05, 0) is 11.8 Å². The van der Waals surface area contributed by atoms with E-state index in [0.29, 0.717) is 11.5 Å². The molecule has 0 spiro atoms. The predicted molar refractivity (Wildman–Crippen MR) is 74.8 cm³/mol. The maximum Gasteiger partial charge on any atom is 0.0932 e. The van der Waals surface area contributed by atoms with E-state index in [-0.39, 0.29) is 12.7 Å². The summed E-state index contributed by atoms with van der Waals surface area (Å²) in [5, 5.41) is 12.7. The quantitative estimate of drug-likeness (QED) is 0.717. The second-order valence-corrected chi connectivity index (χ2v) is 6.11. The zero-order valence-electron chi connectivity index (χ0n) is 12.4. The van der Waals surface area contributed by atoms with Crippen molar-refractivity contribution in [3.05, 3.63) is 0 Å². The number of nitrogens with one attached hydrogen (secondary N) is 1. The van der Waals surface area contributed by atoms with E-state index in [1.165, 1.54) is 0 Å². The Kier molecular flexibility index (Phi) is 6.57. The van der Waals surface area contributed by atoms with Crippen LogP contribution < -0.4 is 5.32 Å². The van der Waals surface area contributed by atoms with Gasteiger partial charge in [0, 0.05) is 32.2 Å². The molecule has 2 unspecified atom stereocenters. The predicted octanol–water partition coefficient (Wildman–Crippen LogP) is 1.09. The van der Waals surface area contributed by atoms with Gasteiger partial charge >= 0.3 is 0 Å². The van der Waals surface area contributed by atoms with Crippen molar-refractivity contribution in [3.8, 4) is 0 Å². The lowest BCUT2D eigenvalue weighted by Crippen LogP contribution is -2.50. The summed E-state index contributed by atoms with van der Waals surface area (Å²) in [6.07, 6.45) is 1.16. The zero-order chi connectivity index (χ0) is 13.6. The number of hydrogen-bond donors (Lipinski definition) is 2. The van der Waals surface area contributed by atoms with Crippen LogP contribution in [0.15, 0.2) is 0 Å². The third-order valence-corrected chi connectivity index (χ3v) is 3.82. The zero-order valence-corrected chi connectivity index (χ0v) is 12.4. The van der Waals surface area contributed by atoms with Gasteiger partial charge in [0.05, 0.1) is 19.3 Å². The summed E-state index contributed by atoms with van der Waals surface area (Å²) in [5.41, 5.74) is 0.293. The minimum Gasteiger partial charge on any atom is -0.394 e. The second-order valence-electron chi connectivity index (χ2n) is 6.11. The van der Waals surface area contributed by atoms with Crippen molar-refractivity contribution in [1.82, 2.24) is 10.2 Å². The molecule has 4 nitrogen and oxygen atoms in total. The van der Waals surface area contributed by atoms with E-state index in [1.807, 2.05) is 0 Å². The maximum absolute atomic E-state index is 9.18. The highest BCUT2D eigenvalue weighted by Gasteiger charge is 2.28. The average molecular weight is 258 g/mol. The molecule has 0 aliphatic carbocycles. The van der Waals surface area contributed by atoms with Gasteiger partial charge in [-0.2, -0.15) is 0 Å². The van der Waals surface area contributed by atoms with Crippen molar-refractivity contribution in [1.29, 1.82) is 0 Å². The molecule has 0 saturated carbocycles. The Morgan fingerprint density at radius 1 is 1.50 bits per heavy atom. The normalized spacial score (nSPS) is 25.3. The smallest absolute Gasteiger partial charge is 0.0932 e. The van der Waals surface area contributed by atoms with Crippen LogP contribution in [0.5, 0.6) is 0 Å². The molecule has 1 heterocycles. The molecule has 0 bridgehead atoms.